The molecule has 8 heteroatoms. The van der Waals surface area contributed by atoms with E-state index in [0.717, 1.165) is 60.0 Å². The number of rotatable bonds is 1. The summed E-state index contributed by atoms with van der Waals surface area (Å²) >= 11 is 1.74. The smallest absolute Gasteiger partial charge is 0.0975 e. The topological polar surface area (TPSA) is 77.3 Å². The summed E-state index contributed by atoms with van der Waals surface area (Å²) in [6, 6.07) is 34.6. The van der Waals surface area contributed by atoms with Gasteiger partial charge in [0.1, 0.15) is 0 Å². The Morgan fingerprint density at radius 2 is 0.667 bits per heavy atom. The maximum atomic E-state index is 4.44. The minimum atomic E-state index is 0. The Morgan fingerprint density at radius 3 is 1.02 bits per heavy atom. The van der Waals surface area contributed by atoms with Gasteiger partial charge in [0.25, 0.3) is 0 Å². The maximum Gasteiger partial charge on any atom is 0.0975 e. The number of hydrogen-bond acceptors (Lipinski definition) is 7. The van der Waals surface area contributed by atoms with Gasteiger partial charge in [-0.2, -0.15) is 0 Å². The fraction of sp³-hybridized carbons (Fsp3) is 0.0270. The molecule has 9 rings (SSSR count). The molecule has 45 heavy (non-hydrogen) atoms. The van der Waals surface area contributed by atoms with Crippen molar-refractivity contribution in [3.8, 4) is 0 Å². The zero-order chi connectivity index (χ0) is 29.7. The van der Waals surface area contributed by atoms with E-state index in [1.54, 1.807) is 36.5 Å². The molecule has 0 aliphatic heterocycles. The van der Waals surface area contributed by atoms with E-state index in [9.17, 15) is 0 Å². The first kappa shape index (κ1) is 30.1. The van der Waals surface area contributed by atoms with Gasteiger partial charge in [-0.25, -0.2) is 0 Å². The summed E-state index contributed by atoms with van der Waals surface area (Å²) in [5.41, 5.74) is 5.88. The molecule has 6 aromatic heterocycles. The summed E-state index contributed by atoms with van der Waals surface area (Å²) in [4.78, 5) is 27.5. The summed E-state index contributed by atoms with van der Waals surface area (Å²) in [6.07, 6.45) is 13.0. The molecule has 0 saturated carbocycles. The number of fused-ring (bicyclic) bond motifs is 9. The Hall–Kier alpha value is -4.91. The van der Waals surface area contributed by atoms with Crippen molar-refractivity contribution in [3.05, 3.63) is 140 Å². The molecule has 0 spiro atoms. The van der Waals surface area contributed by atoms with Crippen LogP contribution >= 0.6 is 11.8 Å². The number of benzene rings is 3. The SMILES string of the molecule is CSc1ccnc2c1ccc1cccnc12.[Ru].c1cnc2c(c1)ccc1cccnc12.c1cnc2c(c1)ccc1cccnc12. The van der Waals surface area contributed by atoms with Gasteiger partial charge in [-0.15, -0.1) is 11.8 Å². The van der Waals surface area contributed by atoms with Crippen LogP contribution < -0.4 is 0 Å². The van der Waals surface area contributed by atoms with E-state index in [0.29, 0.717) is 0 Å². The second-order valence-electron chi connectivity index (χ2n) is 9.98. The summed E-state index contributed by atoms with van der Waals surface area (Å²) in [5.74, 6) is 0. The van der Waals surface area contributed by atoms with Gasteiger partial charge in [-0.3, -0.25) is 29.9 Å². The summed E-state index contributed by atoms with van der Waals surface area (Å²) in [7, 11) is 0. The molecule has 0 aliphatic carbocycles. The van der Waals surface area contributed by atoms with Crippen LogP contribution in [0, 0.1) is 0 Å². The van der Waals surface area contributed by atoms with E-state index >= 15 is 0 Å². The van der Waals surface area contributed by atoms with Crippen molar-refractivity contribution in [2.24, 2.45) is 0 Å². The Bertz CT molecular complexity index is 2200. The Labute approximate surface area is 276 Å². The second kappa shape index (κ2) is 13.8. The molecule has 0 radical (unpaired) electrons. The zero-order valence-corrected chi connectivity index (χ0v) is 26.8. The van der Waals surface area contributed by atoms with Crippen LogP contribution in [-0.2, 0) is 19.5 Å². The van der Waals surface area contributed by atoms with E-state index in [4.69, 9.17) is 0 Å². The molecule has 6 nitrogen and oxygen atoms in total. The molecule has 0 N–H and O–H groups in total. The third-order valence-corrected chi connectivity index (χ3v) is 8.15. The first-order valence-corrected chi connectivity index (χ1v) is 15.4. The van der Waals surface area contributed by atoms with Crippen LogP contribution in [0.1, 0.15) is 0 Å². The van der Waals surface area contributed by atoms with Crippen LogP contribution in [-0.4, -0.2) is 36.2 Å². The monoisotopic (exact) mass is 688 g/mol. The normalized spacial score (nSPS) is 10.7. The predicted molar refractivity (Wildman–Crippen MR) is 183 cm³/mol. The molecule has 0 aliphatic rings. The van der Waals surface area contributed by atoms with Gasteiger partial charge in [0.15, 0.2) is 0 Å². The fourth-order valence-corrected chi connectivity index (χ4v) is 5.85. The first-order valence-electron chi connectivity index (χ1n) is 14.1. The predicted octanol–water partition coefficient (Wildman–Crippen LogP) is 9.07. The van der Waals surface area contributed by atoms with Crippen LogP contribution in [0.25, 0.3) is 65.4 Å². The molecular weight excluding hydrogens is 662 g/mol. The van der Waals surface area contributed by atoms with Gasteiger partial charge in [-0.05, 0) is 42.7 Å². The fourth-order valence-electron chi connectivity index (χ4n) is 5.27. The van der Waals surface area contributed by atoms with E-state index in [1.165, 1.54) is 10.3 Å². The second-order valence-corrected chi connectivity index (χ2v) is 10.8. The van der Waals surface area contributed by atoms with Crippen molar-refractivity contribution in [1.29, 1.82) is 0 Å². The number of thioether (sulfide) groups is 1. The molecule has 218 valence electrons. The van der Waals surface area contributed by atoms with Gasteiger partial charge in [0.2, 0.25) is 0 Å². The van der Waals surface area contributed by atoms with Crippen molar-refractivity contribution in [2.75, 3.05) is 6.26 Å². The van der Waals surface area contributed by atoms with Crippen LogP contribution in [0.3, 0.4) is 0 Å². The molecule has 3 aromatic carbocycles. The summed E-state index contributed by atoms with van der Waals surface area (Å²) < 4.78 is 0. The summed E-state index contributed by atoms with van der Waals surface area (Å²) in [5, 5.41) is 6.87. The standard InChI is InChI=1S/C13H10N2S.2C12H8N2.Ru/c1-16-11-6-8-15-13-10(11)5-4-9-3-2-7-14-12(9)13;2*1-3-9-5-6-10-4-2-8-14-12(10)11(9)13-7-1;/h2-8H,1H3;2*1-8H;. The van der Waals surface area contributed by atoms with Crippen molar-refractivity contribution in [2.45, 2.75) is 4.90 Å². The largest absolute Gasteiger partial charge is 0.254 e. The van der Waals surface area contributed by atoms with Crippen LogP contribution in [0.5, 0.6) is 0 Å². The average molecular weight is 688 g/mol. The Kier molecular flexibility index (Phi) is 9.25. The van der Waals surface area contributed by atoms with E-state index in [1.807, 2.05) is 48.8 Å². The number of aromatic nitrogens is 6. The van der Waals surface area contributed by atoms with Gasteiger partial charge >= 0.3 is 0 Å². The van der Waals surface area contributed by atoms with Crippen molar-refractivity contribution >= 4 is 77.2 Å². The van der Waals surface area contributed by atoms with Crippen molar-refractivity contribution < 1.29 is 19.5 Å². The molecule has 0 bridgehead atoms. The minimum absolute atomic E-state index is 0. The van der Waals surface area contributed by atoms with Crippen LogP contribution in [0.4, 0.5) is 0 Å². The van der Waals surface area contributed by atoms with Crippen LogP contribution in [0.2, 0.25) is 0 Å². The molecule has 0 atom stereocenters. The average Bonchev–Trinajstić information content (AvgIpc) is 3.11. The van der Waals surface area contributed by atoms with Crippen LogP contribution in [0.15, 0.2) is 145 Å². The number of nitrogens with zero attached hydrogens (tertiary/aromatic N) is 6. The third kappa shape index (κ3) is 6.21. The number of hydrogen-bond donors (Lipinski definition) is 0. The Morgan fingerprint density at radius 1 is 0.356 bits per heavy atom. The summed E-state index contributed by atoms with van der Waals surface area (Å²) in [6.45, 7) is 0. The molecule has 0 amide bonds. The van der Waals surface area contributed by atoms with Gasteiger partial charge in [0.05, 0.1) is 33.1 Å². The van der Waals surface area contributed by atoms with Gasteiger partial charge in [0, 0.05) is 93.9 Å². The molecule has 6 heterocycles. The first-order chi connectivity index (χ1) is 21.8. The van der Waals surface area contributed by atoms with E-state index < -0.39 is 0 Å². The third-order valence-electron chi connectivity index (χ3n) is 7.35. The minimum Gasteiger partial charge on any atom is -0.254 e. The van der Waals surface area contributed by atoms with Gasteiger partial charge in [-0.1, -0.05) is 66.7 Å². The number of pyridine rings is 6. The maximum absolute atomic E-state index is 4.44. The van der Waals surface area contributed by atoms with Crippen molar-refractivity contribution in [3.63, 3.8) is 0 Å². The molecule has 0 saturated heterocycles. The zero-order valence-electron chi connectivity index (χ0n) is 24.2. The molecule has 0 unspecified atom stereocenters. The van der Waals surface area contributed by atoms with E-state index in [2.05, 4.69) is 103 Å². The molecule has 0 fully saturated rings. The van der Waals surface area contributed by atoms with Gasteiger partial charge < -0.3 is 0 Å². The molecule has 9 aromatic rings. The Balaban J connectivity index is 0.000000118. The molecular formula is C37H26N6RuS. The van der Waals surface area contributed by atoms with E-state index in [-0.39, 0.29) is 19.5 Å². The van der Waals surface area contributed by atoms with Crippen molar-refractivity contribution in [1.82, 2.24) is 29.9 Å². The quantitative estimate of drug-likeness (QED) is 0.0968.